The van der Waals surface area contributed by atoms with E-state index in [2.05, 4.69) is 57.2 Å². The first-order chi connectivity index (χ1) is 33.2. The monoisotopic (exact) mass is 983 g/mol. The number of aliphatic hydroxyl groups excluding tert-OH is 1. The molecule has 0 saturated heterocycles. The van der Waals surface area contributed by atoms with Crippen molar-refractivity contribution in [3.05, 3.63) is 36.5 Å². The number of ether oxygens (including phenoxy) is 3. The molecule has 0 aromatic carbocycles. The molecule has 0 aliphatic carbocycles. The van der Waals surface area contributed by atoms with Crippen LogP contribution in [0, 0.1) is 0 Å². The SMILES string of the molecule is CCC/C=C\C/C=C\CCCCCCCC(=O)OCC(COP(=O)(O)OCC(CO)OC(=O)CCCCCCCCCCC)OC(=O)CCCCCCCCCCC/C=C\CCCCCCCC. The maximum absolute atomic E-state index is 12.9. The van der Waals surface area contributed by atoms with E-state index in [1.165, 1.54) is 122 Å². The molecule has 3 atom stereocenters. The Kier molecular flexibility index (Phi) is 49.3. The summed E-state index contributed by atoms with van der Waals surface area (Å²) >= 11 is 0. The summed E-state index contributed by atoms with van der Waals surface area (Å²) in [6.07, 6.45) is 51.2. The molecule has 0 aliphatic heterocycles. The summed E-state index contributed by atoms with van der Waals surface area (Å²) in [5, 5.41) is 9.76. The Morgan fingerprint density at radius 3 is 1.16 bits per heavy atom. The van der Waals surface area contributed by atoms with Crippen molar-refractivity contribution in [2.45, 2.75) is 277 Å². The minimum atomic E-state index is -4.74. The average Bonchev–Trinajstić information content (AvgIpc) is 3.32. The standard InChI is InChI=1S/C56H103O11P/c1-4-7-10-13-16-19-21-23-24-25-26-27-28-30-32-35-38-41-44-47-56(60)67-53(49-63-54(58)45-42-39-36-34-31-29-22-20-17-14-11-8-5-2)51-65-68(61,62)64-50-52(48-57)66-55(59)46-43-40-37-33-18-15-12-9-6-3/h11,14,20,22-24,52-53,57H,4-10,12-13,15-19,21,25-51H2,1-3H3,(H,61,62)/b14-11-,22-20-,24-23-. The molecular formula is C56H103O11P. The second-order valence-corrected chi connectivity index (χ2v) is 20.2. The summed E-state index contributed by atoms with van der Waals surface area (Å²) in [5.41, 5.74) is 0. The normalized spacial score (nSPS) is 13.7. The predicted octanol–water partition coefficient (Wildman–Crippen LogP) is 16.0. The number of hydrogen-bond acceptors (Lipinski definition) is 10. The molecule has 2 N–H and O–H groups in total. The fourth-order valence-electron chi connectivity index (χ4n) is 7.74. The van der Waals surface area contributed by atoms with E-state index < -0.39 is 57.8 Å². The molecule has 0 saturated carbocycles. The Morgan fingerprint density at radius 2 is 0.750 bits per heavy atom. The van der Waals surface area contributed by atoms with E-state index in [-0.39, 0.29) is 25.9 Å². The van der Waals surface area contributed by atoms with Gasteiger partial charge in [-0.25, -0.2) is 4.57 Å². The first-order valence-electron chi connectivity index (χ1n) is 27.9. The van der Waals surface area contributed by atoms with Crippen LogP contribution in [-0.2, 0) is 42.2 Å². The molecule has 11 nitrogen and oxygen atoms in total. The van der Waals surface area contributed by atoms with Gasteiger partial charge in [0.15, 0.2) is 6.10 Å². The topological polar surface area (TPSA) is 155 Å². The lowest BCUT2D eigenvalue weighted by molar-refractivity contribution is -0.161. The van der Waals surface area contributed by atoms with E-state index in [4.69, 9.17) is 23.3 Å². The fourth-order valence-corrected chi connectivity index (χ4v) is 8.53. The summed E-state index contributed by atoms with van der Waals surface area (Å²) in [5.74, 6) is -1.47. The number of unbranched alkanes of at least 4 members (excludes halogenated alkanes) is 29. The van der Waals surface area contributed by atoms with E-state index in [1.54, 1.807) is 0 Å². The van der Waals surface area contributed by atoms with Gasteiger partial charge in [-0.1, -0.05) is 211 Å². The van der Waals surface area contributed by atoms with Gasteiger partial charge in [0.25, 0.3) is 0 Å². The van der Waals surface area contributed by atoms with Crippen LogP contribution < -0.4 is 0 Å². The Bertz CT molecular complexity index is 1280. The van der Waals surface area contributed by atoms with Gasteiger partial charge in [0, 0.05) is 19.3 Å². The summed E-state index contributed by atoms with van der Waals surface area (Å²) < 4.78 is 39.4. The van der Waals surface area contributed by atoms with Gasteiger partial charge in [-0.05, 0) is 70.6 Å². The number of allylic oxidation sites excluding steroid dienone is 6. The third-order valence-electron chi connectivity index (χ3n) is 12.0. The zero-order valence-corrected chi connectivity index (χ0v) is 44.7. The third kappa shape index (κ3) is 48.7. The lowest BCUT2D eigenvalue weighted by Gasteiger charge is -2.21. The number of carbonyl (C=O) groups is 3. The number of phosphoric acid groups is 1. The Hall–Kier alpha value is -2.30. The minimum Gasteiger partial charge on any atom is -0.462 e. The van der Waals surface area contributed by atoms with Crippen LogP contribution in [0.15, 0.2) is 36.5 Å². The Balaban J connectivity index is 4.70. The van der Waals surface area contributed by atoms with Crippen LogP contribution >= 0.6 is 7.82 Å². The molecule has 68 heavy (non-hydrogen) atoms. The molecule has 12 heteroatoms. The number of esters is 3. The molecule has 0 bridgehead atoms. The van der Waals surface area contributed by atoms with Crippen LogP contribution in [0.25, 0.3) is 0 Å². The van der Waals surface area contributed by atoms with Gasteiger partial charge in [0.2, 0.25) is 0 Å². The highest BCUT2D eigenvalue weighted by Crippen LogP contribution is 2.43. The highest BCUT2D eigenvalue weighted by Gasteiger charge is 2.28. The molecule has 398 valence electrons. The van der Waals surface area contributed by atoms with Gasteiger partial charge < -0.3 is 24.2 Å². The van der Waals surface area contributed by atoms with Gasteiger partial charge in [-0.3, -0.25) is 23.4 Å². The van der Waals surface area contributed by atoms with Crippen LogP contribution in [0.5, 0.6) is 0 Å². The smallest absolute Gasteiger partial charge is 0.462 e. The zero-order valence-electron chi connectivity index (χ0n) is 43.8. The van der Waals surface area contributed by atoms with E-state index in [0.29, 0.717) is 19.3 Å². The number of rotatable bonds is 52. The lowest BCUT2D eigenvalue weighted by Crippen LogP contribution is -2.30. The van der Waals surface area contributed by atoms with Crippen LogP contribution in [0.1, 0.15) is 265 Å². The molecule has 3 unspecified atom stereocenters. The van der Waals surface area contributed by atoms with Gasteiger partial charge in [0.05, 0.1) is 19.8 Å². The second kappa shape index (κ2) is 51.1. The average molecular weight is 983 g/mol. The molecule has 0 spiro atoms. The molecular weight excluding hydrogens is 880 g/mol. The van der Waals surface area contributed by atoms with Gasteiger partial charge in [-0.2, -0.15) is 0 Å². The van der Waals surface area contributed by atoms with Crippen molar-refractivity contribution in [2.75, 3.05) is 26.4 Å². The van der Waals surface area contributed by atoms with Gasteiger partial charge in [-0.15, -0.1) is 0 Å². The predicted molar refractivity (Wildman–Crippen MR) is 279 cm³/mol. The molecule has 0 aromatic rings. The van der Waals surface area contributed by atoms with Crippen molar-refractivity contribution >= 4 is 25.7 Å². The highest BCUT2D eigenvalue weighted by molar-refractivity contribution is 7.47. The number of aliphatic hydroxyl groups is 1. The van der Waals surface area contributed by atoms with Gasteiger partial charge in [0.1, 0.15) is 12.7 Å². The van der Waals surface area contributed by atoms with E-state index in [1.807, 2.05) is 0 Å². The summed E-state index contributed by atoms with van der Waals surface area (Å²) in [6.45, 7) is 4.55. The molecule has 0 aromatic heterocycles. The van der Waals surface area contributed by atoms with Crippen molar-refractivity contribution < 1.29 is 52.2 Å². The molecule has 0 radical (unpaired) electrons. The van der Waals surface area contributed by atoms with Crippen molar-refractivity contribution in [1.29, 1.82) is 0 Å². The van der Waals surface area contributed by atoms with E-state index in [9.17, 15) is 28.9 Å². The molecule has 0 amide bonds. The van der Waals surface area contributed by atoms with Crippen LogP contribution in [0.2, 0.25) is 0 Å². The largest absolute Gasteiger partial charge is 0.472 e. The first-order valence-corrected chi connectivity index (χ1v) is 29.4. The zero-order chi connectivity index (χ0) is 49.9. The fraction of sp³-hybridized carbons (Fsp3) is 0.839. The summed E-state index contributed by atoms with van der Waals surface area (Å²) in [6, 6.07) is 0. The number of carbonyl (C=O) groups excluding carboxylic acids is 3. The van der Waals surface area contributed by atoms with Crippen molar-refractivity contribution in [3.8, 4) is 0 Å². The van der Waals surface area contributed by atoms with Crippen LogP contribution in [0.3, 0.4) is 0 Å². The Morgan fingerprint density at radius 1 is 0.412 bits per heavy atom. The number of phosphoric ester groups is 1. The first kappa shape index (κ1) is 65.7. The van der Waals surface area contributed by atoms with E-state index in [0.717, 1.165) is 83.5 Å². The molecule has 0 heterocycles. The van der Waals surface area contributed by atoms with E-state index >= 15 is 0 Å². The summed E-state index contributed by atoms with van der Waals surface area (Å²) in [4.78, 5) is 48.3. The molecule has 0 aliphatic rings. The molecule has 0 fully saturated rings. The second-order valence-electron chi connectivity index (χ2n) is 18.7. The maximum Gasteiger partial charge on any atom is 0.472 e. The van der Waals surface area contributed by atoms with Crippen molar-refractivity contribution in [3.63, 3.8) is 0 Å². The maximum atomic E-state index is 12.9. The van der Waals surface area contributed by atoms with Crippen LogP contribution in [0.4, 0.5) is 0 Å². The molecule has 0 rings (SSSR count). The van der Waals surface area contributed by atoms with Crippen molar-refractivity contribution in [2.24, 2.45) is 0 Å². The Labute approximate surface area is 416 Å². The van der Waals surface area contributed by atoms with Crippen molar-refractivity contribution in [1.82, 2.24) is 0 Å². The number of hydrogen-bond donors (Lipinski definition) is 2. The minimum absolute atomic E-state index is 0.165. The summed E-state index contributed by atoms with van der Waals surface area (Å²) in [7, 11) is -4.74. The van der Waals surface area contributed by atoms with Crippen LogP contribution in [-0.4, -0.2) is 66.5 Å². The third-order valence-corrected chi connectivity index (χ3v) is 13.0. The van der Waals surface area contributed by atoms with Gasteiger partial charge >= 0.3 is 25.7 Å². The lowest BCUT2D eigenvalue weighted by atomic mass is 10.1. The highest BCUT2D eigenvalue weighted by atomic mass is 31.2. The quantitative estimate of drug-likeness (QED) is 0.0197.